The summed E-state index contributed by atoms with van der Waals surface area (Å²) in [6.45, 7) is 2.35. The SMILES string of the molecule is O=C(Nc1ccc(C(=O)N2CCOCC2)cc1)[C@H](Sc1ccccc1)c1ccccc1. The molecule has 0 aliphatic carbocycles. The lowest BCUT2D eigenvalue weighted by Crippen LogP contribution is -2.40. The van der Waals surface area contributed by atoms with Crippen LogP contribution in [0.3, 0.4) is 0 Å². The first-order valence-corrected chi connectivity index (χ1v) is 11.1. The van der Waals surface area contributed by atoms with Gasteiger partial charge in [0.15, 0.2) is 0 Å². The summed E-state index contributed by atoms with van der Waals surface area (Å²) in [5.41, 5.74) is 2.21. The van der Waals surface area contributed by atoms with Crippen molar-refractivity contribution in [3.05, 3.63) is 96.1 Å². The molecule has 5 nitrogen and oxygen atoms in total. The Morgan fingerprint density at radius 3 is 2.10 bits per heavy atom. The van der Waals surface area contributed by atoms with E-state index in [9.17, 15) is 9.59 Å². The predicted molar refractivity (Wildman–Crippen MR) is 123 cm³/mol. The van der Waals surface area contributed by atoms with Crippen LogP contribution in [-0.4, -0.2) is 43.0 Å². The fourth-order valence-electron chi connectivity index (χ4n) is 3.39. The van der Waals surface area contributed by atoms with Crippen molar-refractivity contribution in [2.45, 2.75) is 10.1 Å². The standard InChI is InChI=1S/C25H24N2O3S/c28-24(23(19-7-3-1-4-8-19)31-22-9-5-2-6-10-22)26-21-13-11-20(12-14-21)25(29)27-15-17-30-18-16-27/h1-14,23H,15-18H2,(H,26,28)/t23-/m1/s1. The predicted octanol–water partition coefficient (Wildman–Crippen LogP) is 4.63. The molecule has 0 bridgehead atoms. The largest absolute Gasteiger partial charge is 0.378 e. The summed E-state index contributed by atoms with van der Waals surface area (Å²) in [7, 11) is 0. The maximum Gasteiger partial charge on any atom is 0.254 e. The molecule has 1 N–H and O–H groups in total. The third kappa shape index (κ3) is 5.54. The molecule has 31 heavy (non-hydrogen) atoms. The molecule has 0 unspecified atom stereocenters. The molecule has 0 radical (unpaired) electrons. The highest BCUT2D eigenvalue weighted by Crippen LogP contribution is 2.36. The molecular weight excluding hydrogens is 408 g/mol. The van der Waals surface area contributed by atoms with Crippen LogP contribution in [0.2, 0.25) is 0 Å². The summed E-state index contributed by atoms with van der Waals surface area (Å²) in [5.74, 6) is -0.115. The zero-order valence-corrected chi connectivity index (χ0v) is 17.9. The summed E-state index contributed by atoms with van der Waals surface area (Å²) >= 11 is 1.51. The van der Waals surface area contributed by atoms with Crippen LogP contribution >= 0.6 is 11.8 Å². The fourth-order valence-corrected chi connectivity index (χ4v) is 4.43. The molecule has 0 saturated carbocycles. The molecule has 6 heteroatoms. The lowest BCUT2D eigenvalue weighted by Gasteiger charge is -2.26. The van der Waals surface area contributed by atoms with Gasteiger partial charge in [0.25, 0.3) is 5.91 Å². The normalized spacial score (nSPS) is 14.6. The second-order valence-electron chi connectivity index (χ2n) is 7.19. The van der Waals surface area contributed by atoms with Gasteiger partial charge in [-0.1, -0.05) is 48.5 Å². The number of nitrogens with one attached hydrogen (secondary N) is 1. The number of ether oxygens (including phenoxy) is 1. The first-order valence-electron chi connectivity index (χ1n) is 10.3. The minimum Gasteiger partial charge on any atom is -0.378 e. The van der Waals surface area contributed by atoms with Gasteiger partial charge in [-0.05, 0) is 42.0 Å². The molecule has 158 valence electrons. The zero-order chi connectivity index (χ0) is 21.5. The van der Waals surface area contributed by atoms with Crippen LogP contribution in [0.25, 0.3) is 0 Å². The summed E-state index contributed by atoms with van der Waals surface area (Å²) in [4.78, 5) is 28.6. The highest BCUT2D eigenvalue weighted by molar-refractivity contribution is 8.00. The van der Waals surface area contributed by atoms with Gasteiger partial charge in [-0.15, -0.1) is 11.8 Å². The lowest BCUT2D eigenvalue weighted by atomic mass is 10.1. The molecule has 1 heterocycles. The fraction of sp³-hybridized carbons (Fsp3) is 0.200. The molecule has 3 aromatic rings. The van der Waals surface area contributed by atoms with Crippen molar-refractivity contribution in [1.29, 1.82) is 0 Å². The summed E-state index contributed by atoms with van der Waals surface area (Å²) < 4.78 is 5.31. The Morgan fingerprint density at radius 1 is 0.839 bits per heavy atom. The first-order chi connectivity index (χ1) is 15.2. The first kappa shape index (κ1) is 21.2. The van der Waals surface area contributed by atoms with Crippen LogP contribution in [0.1, 0.15) is 21.2 Å². The molecule has 1 aliphatic rings. The number of amides is 2. The van der Waals surface area contributed by atoms with Crippen LogP contribution in [0, 0.1) is 0 Å². The van der Waals surface area contributed by atoms with Crippen LogP contribution in [0.15, 0.2) is 89.8 Å². The molecule has 0 spiro atoms. The van der Waals surface area contributed by atoms with E-state index in [1.54, 1.807) is 29.2 Å². The summed E-state index contributed by atoms with van der Waals surface area (Å²) in [6, 6.07) is 26.7. The molecule has 1 aliphatic heterocycles. The van der Waals surface area contributed by atoms with Crippen LogP contribution in [0.5, 0.6) is 0 Å². The average Bonchev–Trinajstić information content (AvgIpc) is 2.84. The molecule has 3 aromatic carbocycles. The van der Waals surface area contributed by atoms with E-state index in [-0.39, 0.29) is 11.8 Å². The maximum atomic E-state index is 13.2. The second kappa shape index (κ2) is 10.3. The Hall–Kier alpha value is -3.09. The minimum atomic E-state index is -0.391. The monoisotopic (exact) mass is 432 g/mol. The van der Waals surface area contributed by atoms with Gasteiger partial charge in [-0.25, -0.2) is 0 Å². The van der Waals surface area contributed by atoms with E-state index in [2.05, 4.69) is 5.32 Å². The van der Waals surface area contributed by atoms with Crippen molar-refractivity contribution in [2.75, 3.05) is 31.6 Å². The second-order valence-corrected chi connectivity index (χ2v) is 8.37. The molecule has 0 aromatic heterocycles. The van der Waals surface area contributed by atoms with Crippen LogP contribution < -0.4 is 5.32 Å². The van der Waals surface area contributed by atoms with E-state index in [1.807, 2.05) is 60.7 Å². The van der Waals surface area contributed by atoms with Gasteiger partial charge in [0.2, 0.25) is 5.91 Å². The number of carbonyl (C=O) groups is 2. The Balaban J connectivity index is 1.47. The van der Waals surface area contributed by atoms with E-state index in [0.29, 0.717) is 37.6 Å². The number of hydrogen-bond donors (Lipinski definition) is 1. The topological polar surface area (TPSA) is 58.6 Å². The van der Waals surface area contributed by atoms with Crippen molar-refractivity contribution < 1.29 is 14.3 Å². The summed E-state index contributed by atoms with van der Waals surface area (Å²) in [5, 5.41) is 2.61. The number of rotatable bonds is 6. The van der Waals surface area contributed by atoms with Gasteiger partial charge in [0.05, 0.1) is 13.2 Å². The third-order valence-corrected chi connectivity index (χ3v) is 6.30. The van der Waals surface area contributed by atoms with Gasteiger partial charge in [-0.3, -0.25) is 9.59 Å². The average molecular weight is 433 g/mol. The number of benzene rings is 3. The van der Waals surface area contributed by atoms with E-state index in [1.165, 1.54) is 11.8 Å². The van der Waals surface area contributed by atoms with Gasteiger partial charge in [0.1, 0.15) is 5.25 Å². The number of nitrogens with zero attached hydrogens (tertiary/aromatic N) is 1. The number of hydrogen-bond acceptors (Lipinski definition) is 4. The smallest absolute Gasteiger partial charge is 0.254 e. The van der Waals surface area contributed by atoms with Gasteiger partial charge in [0, 0.05) is 29.2 Å². The van der Waals surface area contributed by atoms with Crippen molar-refractivity contribution >= 4 is 29.3 Å². The number of anilines is 1. The third-order valence-electron chi connectivity index (χ3n) is 5.04. The highest BCUT2D eigenvalue weighted by Gasteiger charge is 2.23. The van der Waals surface area contributed by atoms with E-state index in [0.717, 1.165) is 10.5 Å². The van der Waals surface area contributed by atoms with E-state index in [4.69, 9.17) is 4.74 Å². The van der Waals surface area contributed by atoms with E-state index < -0.39 is 5.25 Å². The molecule has 1 saturated heterocycles. The zero-order valence-electron chi connectivity index (χ0n) is 17.1. The molecule has 4 rings (SSSR count). The Kier molecular flexibility index (Phi) is 7.02. The van der Waals surface area contributed by atoms with Crippen LogP contribution in [-0.2, 0) is 9.53 Å². The van der Waals surface area contributed by atoms with Crippen molar-refractivity contribution in [2.24, 2.45) is 0 Å². The van der Waals surface area contributed by atoms with Crippen LogP contribution in [0.4, 0.5) is 5.69 Å². The molecule has 2 amide bonds. The quantitative estimate of drug-likeness (QED) is 0.577. The number of carbonyl (C=O) groups excluding carboxylic acids is 2. The van der Waals surface area contributed by atoms with E-state index >= 15 is 0 Å². The van der Waals surface area contributed by atoms with Gasteiger partial charge < -0.3 is 15.0 Å². The van der Waals surface area contributed by atoms with Gasteiger partial charge >= 0.3 is 0 Å². The van der Waals surface area contributed by atoms with Crippen molar-refractivity contribution in [3.8, 4) is 0 Å². The Morgan fingerprint density at radius 2 is 1.45 bits per heavy atom. The molecular formula is C25H24N2O3S. The highest BCUT2D eigenvalue weighted by atomic mass is 32.2. The summed E-state index contributed by atoms with van der Waals surface area (Å²) in [6.07, 6.45) is 0. The maximum absolute atomic E-state index is 13.2. The lowest BCUT2D eigenvalue weighted by molar-refractivity contribution is -0.115. The van der Waals surface area contributed by atoms with Crippen molar-refractivity contribution in [1.82, 2.24) is 4.90 Å². The molecule has 1 atom stereocenters. The Labute approximate surface area is 186 Å². The number of thioether (sulfide) groups is 1. The Bertz CT molecular complexity index is 1000. The minimum absolute atomic E-state index is 0.0111. The number of morpholine rings is 1. The van der Waals surface area contributed by atoms with Gasteiger partial charge in [-0.2, -0.15) is 0 Å². The molecule has 1 fully saturated rings. The van der Waals surface area contributed by atoms with Crippen molar-refractivity contribution in [3.63, 3.8) is 0 Å².